The first-order chi connectivity index (χ1) is 14.7. The van der Waals surface area contributed by atoms with Gasteiger partial charge in [0.15, 0.2) is 0 Å². The Bertz CT molecular complexity index is 1340. The number of hydrogen-bond donors (Lipinski definition) is 3. The Labute approximate surface area is 182 Å². The van der Waals surface area contributed by atoms with E-state index >= 15 is 0 Å². The molecule has 0 radical (unpaired) electrons. The van der Waals surface area contributed by atoms with Crippen LogP contribution in [0.15, 0.2) is 71.6 Å². The molecule has 8 nitrogen and oxygen atoms in total. The highest BCUT2D eigenvalue weighted by Crippen LogP contribution is 2.22. The van der Waals surface area contributed by atoms with Crippen molar-refractivity contribution in [2.75, 3.05) is 10.0 Å². The summed E-state index contributed by atoms with van der Waals surface area (Å²) in [6.07, 6.45) is 0. The molecular formula is C21H14ClN3O5S. The largest absolute Gasteiger partial charge is 0.322 e. The molecule has 3 amide bonds. The predicted molar refractivity (Wildman–Crippen MR) is 115 cm³/mol. The highest BCUT2D eigenvalue weighted by Gasteiger charge is 2.26. The third-order valence-corrected chi connectivity index (χ3v) is 6.14. The van der Waals surface area contributed by atoms with Gasteiger partial charge in [-0.05, 0) is 60.7 Å². The fraction of sp³-hybridized carbons (Fsp3) is 0. The van der Waals surface area contributed by atoms with Crippen LogP contribution in [0.3, 0.4) is 0 Å². The van der Waals surface area contributed by atoms with E-state index in [0.29, 0.717) is 10.7 Å². The summed E-state index contributed by atoms with van der Waals surface area (Å²) in [6, 6.07) is 16.0. The average molecular weight is 456 g/mol. The first-order valence-corrected chi connectivity index (χ1v) is 10.8. The second-order valence-electron chi connectivity index (χ2n) is 6.64. The molecule has 0 unspecified atom stereocenters. The molecule has 31 heavy (non-hydrogen) atoms. The van der Waals surface area contributed by atoms with Crippen molar-refractivity contribution in [3.05, 3.63) is 88.4 Å². The number of carbonyl (C=O) groups excluding carboxylic acids is 3. The van der Waals surface area contributed by atoms with Crippen LogP contribution < -0.4 is 15.4 Å². The Balaban J connectivity index is 1.52. The number of nitrogens with one attached hydrogen (secondary N) is 3. The topological polar surface area (TPSA) is 121 Å². The second kappa shape index (κ2) is 7.86. The number of fused-ring (bicyclic) bond motifs is 1. The van der Waals surface area contributed by atoms with Crippen molar-refractivity contribution >= 4 is 50.7 Å². The van der Waals surface area contributed by atoms with Crippen LogP contribution in [-0.2, 0) is 10.0 Å². The fourth-order valence-corrected chi connectivity index (χ4v) is 4.18. The lowest BCUT2D eigenvalue weighted by Gasteiger charge is -2.10. The number of hydrogen-bond acceptors (Lipinski definition) is 5. The zero-order chi connectivity index (χ0) is 22.2. The molecule has 0 aromatic heterocycles. The van der Waals surface area contributed by atoms with Crippen molar-refractivity contribution < 1.29 is 22.8 Å². The lowest BCUT2D eigenvalue weighted by atomic mass is 10.1. The van der Waals surface area contributed by atoms with Gasteiger partial charge in [-0.2, -0.15) is 0 Å². The number of amides is 3. The zero-order valence-electron chi connectivity index (χ0n) is 15.7. The Hall–Kier alpha value is -3.69. The molecule has 1 aliphatic heterocycles. The summed E-state index contributed by atoms with van der Waals surface area (Å²) in [5.74, 6) is -1.54. The quantitative estimate of drug-likeness (QED) is 0.510. The number of rotatable bonds is 5. The third kappa shape index (κ3) is 4.27. The number of imide groups is 1. The highest BCUT2D eigenvalue weighted by atomic mass is 35.5. The maximum atomic E-state index is 12.6. The minimum atomic E-state index is -3.87. The number of carbonyl (C=O) groups is 3. The maximum absolute atomic E-state index is 12.6. The molecule has 0 saturated heterocycles. The van der Waals surface area contributed by atoms with E-state index in [1.165, 1.54) is 66.7 Å². The first kappa shape index (κ1) is 20.6. The molecule has 10 heteroatoms. The average Bonchev–Trinajstić information content (AvgIpc) is 3.01. The molecule has 0 saturated carbocycles. The second-order valence-corrected chi connectivity index (χ2v) is 8.76. The van der Waals surface area contributed by atoms with Crippen LogP contribution in [0.5, 0.6) is 0 Å². The normalized spacial score (nSPS) is 12.8. The van der Waals surface area contributed by atoms with E-state index in [2.05, 4.69) is 15.4 Å². The molecule has 1 heterocycles. The van der Waals surface area contributed by atoms with E-state index in [4.69, 9.17) is 11.6 Å². The van der Waals surface area contributed by atoms with Gasteiger partial charge in [0, 0.05) is 22.0 Å². The minimum absolute atomic E-state index is 0.0257. The monoisotopic (exact) mass is 455 g/mol. The highest BCUT2D eigenvalue weighted by molar-refractivity contribution is 7.92. The van der Waals surface area contributed by atoms with Crippen LogP contribution in [0.1, 0.15) is 31.1 Å². The van der Waals surface area contributed by atoms with Crippen molar-refractivity contribution in [3.8, 4) is 0 Å². The van der Waals surface area contributed by atoms with Gasteiger partial charge in [0.25, 0.3) is 27.7 Å². The molecule has 0 fully saturated rings. The molecular weight excluding hydrogens is 442 g/mol. The van der Waals surface area contributed by atoms with Crippen LogP contribution >= 0.6 is 11.6 Å². The first-order valence-electron chi connectivity index (χ1n) is 8.92. The van der Waals surface area contributed by atoms with Crippen LogP contribution in [0, 0.1) is 0 Å². The molecule has 3 N–H and O–H groups in total. The minimum Gasteiger partial charge on any atom is -0.322 e. The molecule has 0 spiro atoms. The van der Waals surface area contributed by atoms with Crippen molar-refractivity contribution in [1.82, 2.24) is 5.32 Å². The summed E-state index contributed by atoms with van der Waals surface area (Å²) < 4.78 is 27.5. The molecule has 0 aliphatic carbocycles. The van der Waals surface area contributed by atoms with Crippen LogP contribution in [-0.4, -0.2) is 26.1 Å². The standard InChI is InChI=1S/C21H14ClN3O5S/c22-13-4-7-16(8-5-13)31(29,30)25-15-3-1-2-12(10-15)19(26)23-14-6-9-17-18(11-14)21(28)24-20(17)27/h1-11,25H,(H,23,26)(H,24,27,28). The van der Waals surface area contributed by atoms with Crippen molar-refractivity contribution in [2.45, 2.75) is 4.90 Å². The van der Waals surface area contributed by atoms with Gasteiger partial charge < -0.3 is 5.32 Å². The Morgan fingerprint density at radius 3 is 2.29 bits per heavy atom. The summed E-state index contributed by atoms with van der Waals surface area (Å²) in [5.41, 5.74) is 1.12. The van der Waals surface area contributed by atoms with Gasteiger partial charge in [-0.15, -0.1) is 0 Å². The van der Waals surface area contributed by atoms with E-state index in [9.17, 15) is 22.8 Å². The molecule has 3 aromatic carbocycles. The predicted octanol–water partition coefficient (Wildman–Crippen LogP) is 3.28. The molecule has 1 aliphatic rings. The fourth-order valence-electron chi connectivity index (χ4n) is 3.00. The van der Waals surface area contributed by atoms with Crippen molar-refractivity contribution in [3.63, 3.8) is 0 Å². The summed E-state index contributed by atoms with van der Waals surface area (Å²) >= 11 is 5.79. The van der Waals surface area contributed by atoms with Gasteiger partial charge in [0.2, 0.25) is 0 Å². The lowest BCUT2D eigenvalue weighted by Crippen LogP contribution is -2.19. The van der Waals surface area contributed by atoms with E-state index < -0.39 is 27.7 Å². The van der Waals surface area contributed by atoms with Crippen LogP contribution in [0.2, 0.25) is 5.02 Å². The van der Waals surface area contributed by atoms with E-state index in [1.807, 2.05) is 0 Å². The Morgan fingerprint density at radius 1 is 0.839 bits per heavy atom. The van der Waals surface area contributed by atoms with Gasteiger partial charge in [0.1, 0.15) is 0 Å². The van der Waals surface area contributed by atoms with Crippen LogP contribution in [0.25, 0.3) is 0 Å². The van der Waals surface area contributed by atoms with Crippen LogP contribution in [0.4, 0.5) is 11.4 Å². The van der Waals surface area contributed by atoms with Crippen molar-refractivity contribution in [2.24, 2.45) is 0 Å². The summed E-state index contributed by atoms with van der Waals surface area (Å²) in [7, 11) is -3.87. The molecule has 0 atom stereocenters. The summed E-state index contributed by atoms with van der Waals surface area (Å²) in [4.78, 5) is 36.0. The SMILES string of the molecule is O=C(Nc1ccc2c(c1)C(=O)NC2=O)c1cccc(NS(=O)(=O)c2ccc(Cl)cc2)c1. The number of halogens is 1. The van der Waals surface area contributed by atoms with E-state index in [1.54, 1.807) is 0 Å². The van der Waals surface area contributed by atoms with Gasteiger partial charge in [-0.25, -0.2) is 8.42 Å². The Kier molecular flexibility index (Phi) is 5.22. The Morgan fingerprint density at radius 2 is 1.55 bits per heavy atom. The van der Waals surface area contributed by atoms with E-state index in [-0.39, 0.29) is 27.3 Å². The van der Waals surface area contributed by atoms with Gasteiger partial charge in [-0.1, -0.05) is 17.7 Å². The zero-order valence-corrected chi connectivity index (χ0v) is 17.3. The number of benzene rings is 3. The molecule has 4 rings (SSSR count). The van der Waals surface area contributed by atoms with Gasteiger partial charge >= 0.3 is 0 Å². The van der Waals surface area contributed by atoms with Gasteiger partial charge in [0.05, 0.1) is 16.0 Å². The summed E-state index contributed by atoms with van der Waals surface area (Å²) in [6.45, 7) is 0. The smallest absolute Gasteiger partial charge is 0.261 e. The molecule has 0 bridgehead atoms. The summed E-state index contributed by atoms with van der Waals surface area (Å²) in [5, 5.41) is 5.21. The molecule has 3 aromatic rings. The maximum Gasteiger partial charge on any atom is 0.261 e. The number of sulfonamides is 1. The van der Waals surface area contributed by atoms with Crippen molar-refractivity contribution in [1.29, 1.82) is 0 Å². The number of anilines is 2. The van der Waals surface area contributed by atoms with E-state index in [0.717, 1.165) is 0 Å². The van der Waals surface area contributed by atoms with Gasteiger partial charge in [-0.3, -0.25) is 24.4 Å². The lowest BCUT2D eigenvalue weighted by molar-refractivity contribution is 0.0878. The third-order valence-electron chi connectivity index (χ3n) is 4.49. The molecule has 156 valence electrons.